The molecule has 0 saturated heterocycles. The molecule has 0 aromatic carbocycles. The van der Waals surface area contributed by atoms with Gasteiger partial charge in [-0.25, -0.2) is 0 Å². The van der Waals surface area contributed by atoms with E-state index < -0.39 is 0 Å². The summed E-state index contributed by atoms with van der Waals surface area (Å²) in [5, 5.41) is 11.8. The Balaban J connectivity index is 2.51. The third-order valence-electron chi connectivity index (χ3n) is 2.71. The lowest BCUT2D eigenvalue weighted by Gasteiger charge is -2.20. The van der Waals surface area contributed by atoms with Gasteiger partial charge in [0.05, 0.1) is 12.3 Å². The van der Waals surface area contributed by atoms with Crippen molar-refractivity contribution < 1.29 is 4.74 Å². The molecule has 0 aliphatic heterocycles. The van der Waals surface area contributed by atoms with Crippen LogP contribution in [0.3, 0.4) is 0 Å². The largest absolute Gasteiger partial charge is 0.383 e. The lowest BCUT2D eigenvalue weighted by Crippen LogP contribution is -2.28. The molecule has 1 aromatic heterocycles. The minimum atomic E-state index is 0.704. The Hall–Kier alpha value is -1.20. The molecule has 0 bridgehead atoms. The van der Waals surface area contributed by atoms with Crippen molar-refractivity contribution in [2.24, 2.45) is 0 Å². The second-order valence-electron chi connectivity index (χ2n) is 4.13. The first-order valence-corrected chi connectivity index (χ1v) is 6.59. The smallest absolute Gasteiger partial charge is 0.151 e. The normalized spacial score (nSPS) is 10.6. The van der Waals surface area contributed by atoms with Gasteiger partial charge in [0.25, 0.3) is 0 Å². The van der Waals surface area contributed by atoms with Crippen molar-refractivity contribution in [3.63, 3.8) is 0 Å². The monoisotopic (exact) mass is 252 g/mol. The molecule has 0 spiro atoms. The molecular formula is C13H24N4O. The van der Waals surface area contributed by atoms with E-state index in [1.807, 2.05) is 12.1 Å². The fraction of sp³-hybridized carbons (Fsp3) is 0.692. The minimum absolute atomic E-state index is 0.704. The van der Waals surface area contributed by atoms with Crippen LogP contribution in [0, 0.1) is 0 Å². The molecule has 1 N–H and O–H groups in total. The van der Waals surface area contributed by atoms with Crippen LogP contribution in [-0.2, 0) is 11.3 Å². The number of hydrogen-bond donors (Lipinski definition) is 1. The van der Waals surface area contributed by atoms with Gasteiger partial charge in [-0.15, -0.1) is 5.10 Å². The Labute approximate surface area is 110 Å². The zero-order chi connectivity index (χ0) is 13.2. The molecule has 0 aliphatic rings. The maximum absolute atomic E-state index is 5.08. The second-order valence-corrected chi connectivity index (χ2v) is 4.13. The average molecular weight is 252 g/mol. The van der Waals surface area contributed by atoms with Crippen LogP contribution in [0.5, 0.6) is 0 Å². The summed E-state index contributed by atoms with van der Waals surface area (Å²) in [6.07, 6.45) is 1.13. The van der Waals surface area contributed by atoms with E-state index in [9.17, 15) is 0 Å². The van der Waals surface area contributed by atoms with E-state index in [1.165, 1.54) is 0 Å². The number of nitrogens with one attached hydrogen (secondary N) is 1. The van der Waals surface area contributed by atoms with Crippen LogP contribution >= 0.6 is 0 Å². The molecule has 1 rings (SSSR count). The highest BCUT2D eigenvalue weighted by Gasteiger charge is 2.06. The van der Waals surface area contributed by atoms with Gasteiger partial charge in [0.2, 0.25) is 0 Å². The Morgan fingerprint density at radius 2 is 2.11 bits per heavy atom. The standard InChI is InChI=1S/C13H24N4O/c1-4-8-14-11-12-6-7-13(16-15-12)17(5-2)9-10-18-3/h6-7,14H,4-5,8-11H2,1-3H3. The van der Waals surface area contributed by atoms with Crippen molar-refractivity contribution >= 4 is 5.82 Å². The molecule has 5 nitrogen and oxygen atoms in total. The second kappa shape index (κ2) is 8.83. The molecule has 18 heavy (non-hydrogen) atoms. The van der Waals surface area contributed by atoms with Gasteiger partial charge in [-0.05, 0) is 32.0 Å². The van der Waals surface area contributed by atoms with Gasteiger partial charge in [-0.1, -0.05) is 6.92 Å². The number of likely N-dealkylation sites (N-methyl/N-ethyl adjacent to an activating group) is 1. The first kappa shape index (κ1) is 14.9. The van der Waals surface area contributed by atoms with E-state index in [2.05, 4.69) is 34.3 Å². The number of ether oxygens (including phenoxy) is 1. The van der Waals surface area contributed by atoms with Crippen molar-refractivity contribution in [1.29, 1.82) is 0 Å². The molecule has 0 aliphatic carbocycles. The van der Waals surface area contributed by atoms with E-state index in [0.29, 0.717) is 6.61 Å². The first-order chi connectivity index (χ1) is 8.81. The number of rotatable bonds is 9. The quantitative estimate of drug-likeness (QED) is 0.674. The summed E-state index contributed by atoms with van der Waals surface area (Å²) in [5.74, 6) is 0.911. The zero-order valence-corrected chi connectivity index (χ0v) is 11.6. The van der Waals surface area contributed by atoms with Gasteiger partial charge in [0.1, 0.15) is 0 Å². The summed E-state index contributed by atoms with van der Waals surface area (Å²) >= 11 is 0. The SMILES string of the molecule is CCCNCc1ccc(N(CC)CCOC)nn1. The van der Waals surface area contributed by atoms with E-state index >= 15 is 0 Å². The number of nitrogens with zero attached hydrogens (tertiary/aromatic N) is 3. The lowest BCUT2D eigenvalue weighted by molar-refractivity contribution is 0.205. The number of methoxy groups -OCH3 is 1. The molecule has 1 aromatic rings. The molecule has 1 heterocycles. The summed E-state index contributed by atoms with van der Waals surface area (Å²) < 4.78 is 5.08. The molecule has 0 amide bonds. The fourth-order valence-corrected chi connectivity index (χ4v) is 1.65. The van der Waals surface area contributed by atoms with Crippen LogP contribution in [0.15, 0.2) is 12.1 Å². The maximum Gasteiger partial charge on any atom is 0.151 e. The van der Waals surface area contributed by atoms with Gasteiger partial charge in [0, 0.05) is 26.7 Å². The van der Waals surface area contributed by atoms with E-state index in [0.717, 1.165) is 44.1 Å². The highest BCUT2D eigenvalue weighted by Crippen LogP contribution is 2.08. The first-order valence-electron chi connectivity index (χ1n) is 6.59. The average Bonchev–Trinajstić information content (AvgIpc) is 2.41. The number of hydrogen-bond acceptors (Lipinski definition) is 5. The lowest BCUT2D eigenvalue weighted by atomic mass is 10.3. The fourth-order valence-electron chi connectivity index (χ4n) is 1.65. The van der Waals surface area contributed by atoms with Crippen LogP contribution in [0.2, 0.25) is 0 Å². The topological polar surface area (TPSA) is 50.3 Å². The third-order valence-corrected chi connectivity index (χ3v) is 2.71. The Morgan fingerprint density at radius 1 is 1.28 bits per heavy atom. The minimum Gasteiger partial charge on any atom is -0.383 e. The summed E-state index contributed by atoms with van der Waals surface area (Å²) in [5.41, 5.74) is 0.981. The van der Waals surface area contributed by atoms with Gasteiger partial charge in [-0.3, -0.25) is 0 Å². The molecule has 0 fully saturated rings. The van der Waals surface area contributed by atoms with Crippen molar-refractivity contribution in [3.05, 3.63) is 17.8 Å². The van der Waals surface area contributed by atoms with Crippen molar-refractivity contribution in [2.75, 3.05) is 38.3 Å². The molecule has 0 saturated carbocycles. The molecule has 0 radical (unpaired) electrons. The van der Waals surface area contributed by atoms with Gasteiger partial charge in [-0.2, -0.15) is 5.10 Å². The van der Waals surface area contributed by atoms with Crippen LogP contribution in [0.4, 0.5) is 5.82 Å². The Morgan fingerprint density at radius 3 is 2.67 bits per heavy atom. The third kappa shape index (κ3) is 4.98. The van der Waals surface area contributed by atoms with Gasteiger partial charge >= 0.3 is 0 Å². The highest BCUT2D eigenvalue weighted by molar-refractivity contribution is 5.36. The predicted molar refractivity (Wildman–Crippen MR) is 73.8 cm³/mol. The van der Waals surface area contributed by atoms with E-state index in [4.69, 9.17) is 4.74 Å². The molecule has 102 valence electrons. The van der Waals surface area contributed by atoms with Gasteiger partial charge in [0.15, 0.2) is 5.82 Å². The molecular weight excluding hydrogens is 228 g/mol. The van der Waals surface area contributed by atoms with Crippen molar-refractivity contribution in [1.82, 2.24) is 15.5 Å². The predicted octanol–water partition coefficient (Wildman–Crippen LogP) is 1.45. The van der Waals surface area contributed by atoms with Crippen LogP contribution in [0.1, 0.15) is 26.0 Å². The summed E-state index contributed by atoms with van der Waals surface area (Å²) in [6, 6.07) is 4.05. The zero-order valence-electron chi connectivity index (χ0n) is 11.6. The summed E-state index contributed by atoms with van der Waals surface area (Å²) in [6.45, 7) is 8.50. The van der Waals surface area contributed by atoms with Crippen LogP contribution in [0.25, 0.3) is 0 Å². The van der Waals surface area contributed by atoms with Gasteiger partial charge < -0.3 is 15.0 Å². The highest BCUT2D eigenvalue weighted by atomic mass is 16.5. The summed E-state index contributed by atoms with van der Waals surface area (Å²) in [4.78, 5) is 2.15. The van der Waals surface area contributed by atoms with Crippen molar-refractivity contribution in [3.8, 4) is 0 Å². The number of aromatic nitrogens is 2. The maximum atomic E-state index is 5.08. The van der Waals surface area contributed by atoms with E-state index in [1.54, 1.807) is 7.11 Å². The van der Waals surface area contributed by atoms with Crippen molar-refractivity contribution in [2.45, 2.75) is 26.8 Å². The van der Waals surface area contributed by atoms with Crippen LogP contribution < -0.4 is 10.2 Å². The Kier molecular flexibility index (Phi) is 7.29. The Bertz CT molecular complexity index is 315. The van der Waals surface area contributed by atoms with Crippen LogP contribution in [-0.4, -0.2) is 43.5 Å². The molecule has 0 unspecified atom stereocenters. The molecule has 0 atom stereocenters. The van der Waals surface area contributed by atoms with E-state index in [-0.39, 0.29) is 0 Å². The number of anilines is 1. The molecule has 5 heteroatoms. The summed E-state index contributed by atoms with van der Waals surface area (Å²) in [7, 11) is 1.71.